The third kappa shape index (κ3) is 2.95. The predicted octanol–water partition coefficient (Wildman–Crippen LogP) is 4.30. The van der Waals surface area contributed by atoms with Crippen LogP contribution < -0.4 is 11.3 Å². The van der Waals surface area contributed by atoms with Gasteiger partial charge in [0.15, 0.2) is 0 Å². The molecule has 110 valence electrons. The molecule has 0 aliphatic heterocycles. The Bertz CT molecular complexity index is 623. The molecule has 1 saturated carbocycles. The van der Waals surface area contributed by atoms with Gasteiger partial charge in [0.25, 0.3) is 0 Å². The summed E-state index contributed by atoms with van der Waals surface area (Å²) < 4.78 is 13.6. The van der Waals surface area contributed by atoms with E-state index in [4.69, 9.17) is 17.4 Å². The molecule has 1 aliphatic carbocycles. The van der Waals surface area contributed by atoms with Crippen LogP contribution in [0.1, 0.15) is 47.9 Å². The number of hydrazine groups is 1. The van der Waals surface area contributed by atoms with E-state index in [2.05, 4.69) is 29.7 Å². The standard InChI is InChI=1S/C17H18ClFN2/c18-15-9-8-14(10-16(15)19)17(21-20)13-6-4-12(5-7-13)11-2-1-3-11/h4-11,17,21H,1-3,20H2. The van der Waals surface area contributed by atoms with Gasteiger partial charge >= 0.3 is 0 Å². The Morgan fingerprint density at radius 3 is 2.29 bits per heavy atom. The normalized spacial score (nSPS) is 16.5. The fourth-order valence-corrected chi connectivity index (χ4v) is 2.90. The molecule has 1 unspecified atom stereocenters. The first-order valence-corrected chi connectivity index (χ1v) is 7.58. The minimum absolute atomic E-state index is 0.120. The summed E-state index contributed by atoms with van der Waals surface area (Å²) in [5, 5.41) is 0.120. The van der Waals surface area contributed by atoms with Crippen molar-refractivity contribution >= 4 is 11.6 Å². The van der Waals surface area contributed by atoms with E-state index in [0.29, 0.717) is 5.92 Å². The highest BCUT2D eigenvalue weighted by Crippen LogP contribution is 2.36. The largest absolute Gasteiger partial charge is 0.271 e. The van der Waals surface area contributed by atoms with E-state index in [-0.39, 0.29) is 11.1 Å². The zero-order valence-corrected chi connectivity index (χ0v) is 12.4. The van der Waals surface area contributed by atoms with E-state index in [1.165, 1.54) is 30.9 Å². The lowest BCUT2D eigenvalue weighted by molar-refractivity contribution is 0.419. The quantitative estimate of drug-likeness (QED) is 0.653. The van der Waals surface area contributed by atoms with Gasteiger partial charge in [-0.3, -0.25) is 5.84 Å². The summed E-state index contributed by atoms with van der Waals surface area (Å²) in [6.45, 7) is 0. The van der Waals surface area contributed by atoms with Crippen LogP contribution in [0.4, 0.5) is 4.39 Å². The highest BCUT2D eigenvalue weighted by atomic mass is 35.5. The average Bonchev–Trinajstić information content (AvgIpc) is 2.43. The molecule has 4 heteroatoms. The van der Waals surface area contributed by atoms with Crippen molar-refractivity contribution in [3.05, 3.63) is 70.0 Å². The first kappa shape index (κ1) is 14.5. The molecule has 2 aromatic carbocycles. The second kappa shape index (κ2) is 6.14. The maximum absolute atomic E-state index is 13.6. The van der Waals surface area contributed by atoms with Gasteiger partial charge in [-0.15, -0.1) is 0 Å². The summed E-state index contributed by atoms with van der Waals surface area (Å²) >= 11 is 5.73. The lowest BCUT2D eigenvalue weighted by atomic mass is 9.79. The lowest BCUT2D eigenvalue weighted by Crippen LogP contribution is -2.29. The SMILES string of the molecule is NNC(c1ccc(C2CCC2)cc1)c1ccc(Cl)c(F)c1. The fraction of sp³-hybridized carbons (Fsp3) is 0.294. The van der Waals surface area contributed by atoms with Crippen molar-refractivity contribution in [3.8, 4) is 0 Å². The van der Waals surface area contributed by atoms with Crippen molar-refractivity contribution < 1.29 is 4.39 Å². The maximum Gasteiger partial charge on any atom is 0.142 e. The average molecular weight is 305 g/mol. The Balaban J connectivity index is 1.86. The maximum atomic E-state index is 13.6. The number of benzene rings is 2. The van der Waals surface area contributed by atoms with Crippen LogP contribution in [0, 0.1) is 5.82 Å². The molecule has 0 saturated heterocycles. The fourth-order valence-electron chi connectivity index (χ4n) is 2.78. The van der Waals surface area contributed by atoms with Crippen molar-refractivity contribution in [2.75, 3.05) is 0 Å². The Kier molecular flexibility index (Phi) is 4.24. The van der Waals surface area contributed by atoms with Crippen molar-refractivity contribution in [1.29, 1.82) is 0 Å². The first-order valence-electron chi connectivity index (χ1n) is 7.20. The van der Waals surface area contributed by atoms with Gasteiger partial charge in [-0.2, -0.15) is 0 Å². The molecular formula is C17H18ClFN2. The second-order valence-electron chi connectivity index (χ2n) is 5.57. The smallest absolute Gasteiger partial charge is 0.142 e. The minimum atomic E-state index is -0.430. The molecule has 1 atom stereocenters. The third-order valence-corrected chi connectivity index (χ3v) is 4.60. The zero-order valence-electron chi connectivity index (χ0n) is 11.7. The van der Waals surface area contributed by atoms with Gasteiger partial charge in [-0.05, 0) is 47.6 Å². The van der Waals surface area contributed by atoms with Crippen LogP contribution in [-0.2, 0) is 0 Å². The van der Waals surface area contributed by atoms with Crippen LogP contribution in [0.15, 0.2) is 42.5 Å². The van der Waals surface area contributed by atoms with Gasteiger partial charge in [0, 0.05) is 0 Å². The van der Waals surface area contributed by atoms with Crippen LogP contribution in [-0.4, -0.2) is 0 Å². The number of nitrogens with two attached hydrogens (primary N) is 1. The topological polar surface area (TPSA) is 38.0 Å². The van der Waals surface area contributed by atoms with E-state index in [9.17, 15) is 4.39 Å². The number of halogens is 2. The van der Waals surface area contributed by atoms with Gasteiger partial charge in [0.2, 0.25) is 0 Å². The Hall–Kier alpha value is -1.42. The van der Waals surface area contributed by atoms with Crippen molar-refractivity contribution in [2.24, 2.45) is 5.84 Å². The molecule has 3 rings (SSSR count). The van der Waals surface area contributed by atoms with Crippen LogP contribution in [0.5, 0.6) is 0 Å². The molecule has 1 aliphatic rings. The second-order valence-corrected chi connectivity index (χ2v) is 5.97. The summed E-state index contributed by atoms with van der Waals surface area (Å²) in [4.78, 5) is 0. The zero-order chi connectivity index (χ0) is 14.8. The molecular weight excluding hydrogens is 287 g/mol. The molecule has 1 fully saturated rings. The Morgan fingerprint density at radius 1 is 1.10 bits per heavy atom. The summed E-state index contributed by atoms with van der Waals surface area (Å²) in [7, 11) is 0. The van der Waals surface area contributed by atoms with E-state index in [1.807, 2.05) is 0 Å². The summed E-state index contributed by atoms with van der Waals surface area (Å²) in [6.07, 6.45) is 3.88. The molecule has 0 bridgehead atoms. The Morgan fingerprint density at radius 2 is 1.76 bits per heavy atom. The third-order valence-electron chi connectivity index (χ3n) is 4.29. The molecule has 3 N–H and O–H groups in total. The highest BCUT2D eigenvalue weighted by Gasteiger charge is 2.20. The van der Waals surface area contributed by atoms with Crippen molar-refractivity contribution in [1.82, 2.24) is 5.43 Å². The monoisotopic (exact) mass is 304 g/mol. The highest BCUT2D eigenvalue weighted by molar-refractivity contribution is 6.30. The van der Waals surface area contributed by atoms with Crippen molar-refractivity contribution in [2.45, 2.75) is 31.2 Å². The van der Waals surface area contributed by atoms with Crippen LogP contribution >= 0.6 is 11.6 Å². The van der Waals surface area contributed by atoms with Gasteiger partial charge in [-0.25, -0.2) is 9.82 Å². The number of hydrogen-bond acceptors (Lipinski definition) is 2. The number of rotatable bonds is 4. The predicted molar refractivity (Wildman–Crippen MR) is 83.6 cm³/mol. The van der Waals surface area contributed by atoms with Crippen molar-refractivity contribution in [3.63, 3.8) is 0 Å². The first-order chi connectivity index (χ1) is 10.2. The van der Waals surface area contributed by atoms with Crippen LogP contribution in [0.25, 0.3) is 0 Å². The summed E-state index contributed by atoms with van der Waals surface area (Å²) in [5.74, 6) is 5.93. The number of nitrogens with one attached hydrogen (secondary N) is 1. The molecule has 0 radical (unpaired) electrons. The number of hydrogen-bond donors (Lipinski definition) is 2. The van der Waals surface area contributed by atoms with Gasteiger partial charge < -0.3 is 0 Å². The van der Waals surface area contributed by atoms with E-state index >= 15 is 0 Å². The molecule has 0 aromatic heterocycles. The van der Waals surface area contributed by atoms with E-state index in [0.717, 1.165) is 11.1 Å². The molecule has 0 amide bonds. The molecule has 2 nitrogen and oxygen atoms in total. The van der Waals surface area contributed by atoms with Crippen LogP contribution in [0.3, 0.4) is 0 Å². The van der Waals surface area contributed by atoms with Gasteiger partial charge in [0.05, 0.1) is 11.1 Å². The van der Waals surface area contributed by atoms with Gasteiger partial charge in [0.1, 0.15) is 5.82 Å². The Labute approximate surface area is 129 Å². The lowest BCUT2D eigenvalue weighted by Gasteiger charge is -2.26. The summed E-state index contributed by atoms with van der Waals surface area (Å²) in [6, 6.07) is 12.9. The summed E-state index contributed by atoms with van der Waals surface area (Å²) in [5.41, 5.74) is 5.90. The van der Waals surface area contributed by atoms with E-state index < -0.39 is 5.82 Å². The van der Waals surface area contributed by atoms with Gasteiger partial charge in [-0.1, -0.05) is 48.4 Å². The molecule has 21 heavy (non-hydrogen) atoms. The minimum Gasteiger partial charge on any atom is -0.271 e. The van der Waals surface area contributed by atoms with Crippen LogP contribution in [0.2, 0.25) is 5.02 Å². The molecule has 2 aromatic rings. The molecule has 0 heterocycles. The molecule has 0 spiro atoms. The van der Waals surface area contributed by atoms with E-state index in [1.54, 1.807) is 12.1 Å².